The van der Waals surface area contributed by atoms with Gasteiger partial charge in [0.25, 0.3) is 0 Å². The second kappa shape index (κ2) is 6.58. The van der Waals surface area contributed by atoms with E-state index < -0.39 is 0 Å². The van der Waals surface area contributed by atoms with Gasteiger partial charge in [0.1, 0.15) is 12.4 Å². The first-order valence-corrected chi connectivity index (χ1v) is 7.07. The smallest absolute Gasteiger partial charge is 0.119 e. The summed E-state index contributed by atoms with van der Waals surface area (Å²) < 4.78 is 5.77. The van der Waals surface area contributed by atoms with Gasteiger partial charge in [-0.25, -0.2) is 0 Å². The number of ether oxygens (including phenoxy) is 1. The highest BCUT2D eigenvalue weighted by Gasteiger charge is 2.10. The maximum absolute atomic E-state index is 6.00. The molecule has 0 atom stereocenters. The molecule has 0 bridgehead atoms. The summed E-state index contributed by atoms with van der Waals surface area (Å²) in [5.41, 5.74) is 8.38. The van der Waals surface area contributed by atoms with Crippen LogP contribution in [0, 0.1) is 0 Å². The SMILES string of the molecule is CC(C)(N)CCc1ccc(OCc2ccccc2)cc1. The van der Waals surface area contributed by atoms with Crippen LogP contribution < -0.4 is 10.5 Å². The predicted octanol–water partition coefficient (Wildman–Crippen LogP) is 3.94. The Hall–Kier alpha value is -1.80. The van der Waals surface area contributed by atoms with Gasteiger partial charge in [0.15, 0.2) is 0 Å². The van der Waals surface area contributed by atoms with Crippen LogP contribution >= 0.6 is 0 Å². The molecule has 0 heterocycles. The van der Waals surface area contributed by atoms with Gasteiger partial charge in [-0.1, -0.05) is 42.5 Å². The zero-order valence-corrected chi connectivity index (χ0v) is 12.3. The molecule has 0 spiro atoms. The number of hydrogen-bond donors (Lipinski definition) is 1. The molecule has 0 radical (unpaired) electrons. The third kappa shape index (κ3) is 5.06. The quantitative estimate of drug-likeness (QED) is 0.862. The first-order valence-electron chi connectivity index (χ1n) is 7.07. The molecule has 2 nitrogen and oxygen atoms in total. The van der Waals surface area contributed by atoms with Gasteiger partial charge in [0.05, 0.1) is 0 Å². The van der Waals surface area contributed by atoms with Gasteiger partial charge >= 0.3 is 0 Å². The summed E-state index contributed by atoms with van der Waals surface area (Å²) in [6.45, 7) is 4.73. The Morgan fingerprint density at radius 3 is 2.15 bits per heavy atom. The Balaban J connectivity index is 1.85. The van der Waals surface area contributed by atoms with Crippen LogP contribution in [0.25, 0.3) is 0 Å². The Labute approximate surface area is 121 Å². The summed E-state index contributed by atoms with van der Waals surface area (Å²) in [6, 6.07) is 18.5. The van der Waals surface area contributed by atoms with Crippen LogP contribution in [0.4, 0.5) is 0 Å². The summed E-state index contributed by atoms with van der Waals surface area (Å²) in [4.78, 5) is 0. The van der Waals surface area contributed by atoms with Crippen LogP contribution in [0.1, 0.15) is 31.4 Å². The Morgan fingerprint density at radius 2 is 1.55 bits per heavy atom. The van der Waals surface area contributed by atoms with E-state index in [0.29, 0.717) is 6.61 Å². The zero-order valence-electron chi connectivity index (χ0n) is 12.3. The van der Waals surface area contributed by atoms with Crippen LogP contribution in [-0.2, 0) is 13.0 Å². The highest BCUT2D eigenvalue weighted by molar-refractivity contribution is 5.28. The second-order valence-corrected chi connectivity index (χ2v) is 5.91. The normalized spacial score (nSPS) is 11.3. The fraction of sp³-hybridized carbons (Fsp3) is 0.333. The van der Waals surface area contributed by atoms with Crippen molar-refractivity contribution >= 4 is 0 Å². The van der Waals surface area contributed by atoms with E-state index in [1.54, 1.807) is 0 Å². The average Bonchev–Trinajstić information content (AvgIpc) is 2.44. The van der Waals surface area contributed by atoms with Gasteiger partial charge in [0, 0.05) is 5.54 Å². The van der Waals surface area contributed by atoms with Crippen LogP contribution in [0.2, 0.25) is 0 Å². The number of hydrogen-bond acceptors (Lipinski definition) is 2. The van der Waals surface area contributed by atoms with Crippen LogP contribution in [0.15, 0.2) is 54.6 Å². The first kappa shape index (κ1) is 14.6. The molecule has 0 aromatic heterocycles. The van der Waals surface area contributed by atoms with Crippen LogP contribution in [0.5, 0.6) is 5.75 Å². The van der Waals surface area contributed by atoms with Crippen molar-refractivity contribution in [2.45, 2.75) is 38.8 Å². The van der Waals surface area contributed by atoms with Crippen molar-refractivity contribution < 1.29 is 4.74 Å². The van der Waals surface area contributed by atoms with Gasteiger partial charge in [-0.2, -0.15) is 0 Å². The molecule has 2 heteroatoms. The second-order valence-electron chi connectivity index (χ2n) is 5.91. The predicted molar refractivity (Wildman–Crippen MR) is 83.8 cm³/mol. The molecular weight excluding hydrogens is 246 g/mol. The molecule has 0 aliphatic heterocycles. The van der Waals surface area contributed by atoms with E-state index in [4.69, 9.17) is 10.5 Å². The molecule has 0 unspecified atom stereocenters. The number of benzene rings is 2. The van der Waals surface area contributed by atoms with E-state index in [9.17, 15) is 0 Å². The number of aryl methyl sites for hydroxylation is 1. The minimum atomic E-state index is -0.109. The van der Waals surface area contributed by atoms with Gasteiger partial charge in [-0.05, 0) is 49.9 Å². The molecule has 0 aliphatic carbocycles. The zero-order chi connectivity index (χ0) is 14.4. The third-order valence-electron chi connectivity index (χ3n) is 3.23. The molecular formula is C18H23NO. The molecule has 0 saturated heterocycles. The Kier molecular flexibility index (Phi) is 4.80. The van der Waals surface area contributed by atoms with Gasteiger partial charge < -0.3 is 10.5 Å². The van der Waals surface area contributed by atoms with Crippen molar-refractivity contribution in [3.63, 3.8) is 0 Å². The molecule has 2 N–H and O–H groups in total. The van der Waals surface area contributed by atoms with Crippen LogP contribution in [-0.4, -0.2) is 5.54 Å². The van der Waals surface area contributed by atoms with E-state index in [1.807, 2.05) is 30.3 Å². The van der Waals surface area contributed by atoms with Crippen molar-refractivity contribution in [3.05, 3.63) is 65.7 Å². The molecule has 0 amide bonds. The summed E-state index contributed by atoms with van der Waals surface area (Å²) in [6.07, 6.45) is 1.99. The largest absolute Gasteiger partial charge is 0.489 e. The molecule has 0 saturated carbocycles. The number of rotatable bonds is 6. The maximum Gasteiger partial charge on any atom is 0.119 e. The van der Waals surface area contributed by atoms with Gasteiger partial charge in [-0.15, -0.1) is 0 Å². The van der Waals surface area contributed by atoms with Gasteiger partial charge in [0.2, 0.25) is 0 Å². The summed E-state index contributed by atoms with van der Waals surface area (Å²) >= 11 is 0. The van der Waals surface area contributed by atoms with Crippen molar-refractivity contribution in [3.8, 4) is 5.75 Å². The lowest BCUT2D eigenvalue weighted by molar-refractivity contribution is 0.306. The molecule has 0 aliphatic rings. The van der Waals surface area contributed by atoms with Crippen molar-refractivity contribution in [2.75, 3.05) is 0 Å². The van der Waals surface area contributed by atoms with E-state index in [1.165, 1.54) is 11.1 Å². The molecule has 0 fully saturated rings. The van der Waals surface area contributed by atoms with E-state index in [-0.39, 0.29) is 5.54 Å². The molecule has 2 rings (SSSR count). The topological polar surface area (TPSA) is 35.2 Å². The average molecular weight is 269 g/mol. The highest BCUT2D eigenvalue weighted by Crippen LogP contribution is 2.17. The Bertz CT molecular complexity index is 511. The highest BCUT2D eigenvalue weighted by atomic mass is 16.5. The standard InChI is InChI=1S/C18H23NO/c1-18(2,19)13-12-15-8-10-17(11-9-15)20-14-16-6-4-3-5-7-16/h3-11H,12-14,19H2,1-2H3. The van der Waals surface area contributed by atoms with Crippen molar-refractivity contribution in [1.82, 2.24) is 0 Å². The molecule has 2 aromatic rings. The summed E-state index contributed by atoms with van der Waals surface area (Å²) in [5, 5.41) is 0. The minimum Gasteiger partial charge on any atom is -0.489 e. The first-order chi connectivity index (χ1) is 9.53. The van der Waals surface area contributed by atoms with Gasteiger partial charge in [-0.3, -0.25) is 0 Å². The lowest BCUT2D eigenvalue weighted by atomic mass is 9.97. The maximum atomic E-state index is 6.00. The van der Waals surface area contributed by atoms with E-state index in [0.717, 1.165) is 18.6 Å². The minimum absolute atomic E-state index is 0.109. The summed E-state index contributed by atoms with van der Waals surface area (Å²) in [5.74, 6) is 0.907. The lowest BCUT2D eigenvalue weighted by Crippen LogP contribution is -2.32. The molecule has 20 heavy (non-hydrogen) atoms. The number of nitrogens with two attached hydrogens (primary N) is 1. The van der Waals surface area contributed by atoms with E-state index >= 15 is 0 Å². The lowest BCUT2D eigenvalue weighted by Gasteiger charge is -2.18. The molecule has 2 aromatic carbocycles. The van der Waals surface area contributed by atoms with Crippen molar-refractivity contribution in [1.29, 1.82) is 0 Å². The van der Waals surface area contributed by atoms with Crippen LogP contribution in [0.3, 0.4) is 0 Å². The Morgan fingerprint density at radius 1 is 0.900 bits per heavy atom. The van der Waals surface area contributed by atoms with E-state index in [2.05, 4.69) is 38.1 Å². The fourth-order valence-electron chi connectivity index (χ4n) is 1.96. The fourth-order valence-corrected chi connectivity index (χ4v) is 1.96. The molecule has 106 valence electrons. The van der Waals surface area contributed by atoms with Crippen molar-refractivity contribution in [2.24, 2.45) is 5.73 Å². The summed E-state index contributed by atoms with van der Waals surface area (Å²) in [7, 11) is 0. The monoisotopic (exact) mass is 269 g/mol. The third-order valence-corrected chi connectivity index (χ3v) is 3.23.